The quantitative estimate of drug-likeness (QED) is 0.801. The summed E-state index contributed by atoms with van der Waals surface area (Å²) in [6.45, 7) is 3.37. The highest BCUT2D eigenvalue weighted by atomic mass is 32.2. The predicted octanol–water partition coefficient (Wildman–Crippen LogP) is 0.626. The summed E-state index contributed by atoms with van der Waals surface area (Å²) in [5.74, 6) is -0.532. The van der Waals surface area contributed by atoms with E-state index in [2.05, 4.69) is 5.32 Å². The molecule has 1 atom stereocenters. The Morgan fingerprint density at radius 3 is 2.26 bits per heavy atom. The van der Waals surface area contributed by atoms with Gasteiger partial charge in [0.2, 0.25) is 5.91 Å². The van der Waals surface area contributed by atoms with E-state index in [1.54, 1.807) is 38.1 Å². The summed E-state index contributed by atoms with van der Waals surface area (Å²) >= 11 is 0. The highest BCUT2D eigenvalue weighted by Crippen LogP contribution is 2.17. The third-order valence-corrected chi connectivity index (χ3v) is 5.30. The molecule has 0 spiro atoms. The van der Waals surface area contributed by atoms with Crippen molar-refractivity contribution < 1.29 is 13.2 Å². The van der Waals surface area contributed by atoms with E-state index in [9.17, 15) is 13.2 Å². The Morgan fingerprint density at radius 1 is 1.32 bits per heavy atom. The second-order valence-corrected chi connectivity index (χ2v) is 7.81. The molecule has 0 aliphatic carbocycles. The molecule has 0 aliphatic heterocycles. The predicted molar refractivity (Wildman–Crippen MR) is 75.3 cm³/mol. The van der Waals surface area contributed by atoms with Crippen LogP contribution in [0.15, 0.2) is 30.3 Å². The first-order valence-corrected chi connectivity index (χ1v) is 7.81. The van der Waals surface area contributed by atoms with Crippen molar-refractivity contribution >= 4 is 15.7 Å². The smallest absolute Gasteiger partial charge is 0.239 e. The van der Waals surface area contributed by atoms with Gasteiger partial charge < -0.3 is 11.1 Å². The number of sulfone groups is 1. The number of hydrogen-bond acceptors (Lipinski definition) is 4. The van der Waals surface area contributed by atoms with Crippen LogP contribution < -0.4 is 11.1 Å². The van der Waals surface area contributed by atoms with E-state index in [1.165, 1.54) is 6.26 Å². The average Bonchev–Trinajstić information content (AvgIpc) is 2.28. The monoisotopic (exact) mass is 284 g/mol. The Balaban J connectivity index is 2.86. The molecule has 0 saturated carbocycles. The summed E-state index contributed by atoms with van der Waals surface area (Å²) in [4.78, 5) is 11.5. The third kappa shape index (κ3) is 4.04. The number of benzene rings is 1. The molecule has 0 saturated heterocycles. The molecule has 19 heavy (non-hydrogen) atoms. The van der Waals surface area contributed by atoms with Gasteiger partial charge in [0, 0.05) is 12.8 Å². The fourth-order valence-electron chi connectivity index (χ4n) is 1.51. The molecule has 0 unspecified atom stereocenters. The lowest BCUT2D eigenvalue weighted by atomic mass is 10.1. The van der Waals surface area contributed by atoms with Gasteiger partial charge in [0.05, 0.1) is 4.75 Å². The molecule has 0 fully saturated rings. The van der Waals surface area contributed by atoms with Gasteiger partial charge in [-0.2, -0.15) is 0 Å². The van der Waals surface area contributed by atoms with Crippen LogP contribution in [-0.4, -0.2) is 31.9 Å². The summed E-state index contributed by atoms with van der Waals surface area (Å²) < 4.78 is 22.3. The Labute approximate surface area is 114 Å². The topological polar surface area (TPSA) is 89.3 Å². The highest BCUT2D eigenvalue weighted by Gasteiger charge is 2.31. The number of nitrogens with two attached hydrogens (primary N) is 1. The van der Waals surface area contributed by atoms with Gasteiger partial charge in [-0.25, -0.2) is 8.42 Å². The van der Waals surface area contributed by atoms with Gasteiger partial charge in [-0.1, -0.05) is 30.3 Å². The van der Waals surface area contributed by atoms with Crippen LogP contribution in [-0.2, 0) is 14.6 Å². The number of primary amides is 1. The minimum Gasteiger partial charge on any atom is -0.368 e. The fraction of sp³-hybridized carbons (Fsp3) is 0.462. The van der Waals surface area contributed by atoms with E-state index in [-0.39, 0.29) is 6.54 Å². The first-order chi connectivity index (χ1) is 8.65. The second-order valence-electron chi connectivity index (χ2n) is 5.16. The largest absolute Gasteiger partial charge is 0.368 e. The lowest BCUT2D eigenvalue weighted by molar-refractivity contribution is -0.120. The number of rotatable bonds is 6. The molecule has 0 heterocycles. The zero-order chi connectivity index (χ0) is 14.7. The van der Waals surface area contributed by atoms with Crippen LogP contribution in [0, 0.1) is 0 Å². The molecule has 6 heteroatoms. The Hall–Kier alpha value is -1.40. The number of carbonyl (C=O) groups is 1. The van der Waals surface area contributed by atoms with Gasteiger partial charge in [-0.3, -0.25) is 4.79 Å². The van der Waals surface area contributed by atoms with Gasteiger partial charge in [0.15, 0.2) is 9.84 Å². The van der Waals surface area contributed by atoms with E-state index < -0.39 is 26.5 Å². The van der Waals surface area contributed by atoms with Crippen molar-refractivity contribution in [3.63, 3.8) is 0 Å². The molecule has 0 bridgehead atoms. The summed E-state index contributed by atoms with van der Waals surface area (Å²) in [5.41, 5.74) is 6.08. The normalized spacial score (nSPS) is 14.1. The molecule has 1 aromatic rings. The third-order valence-electron chi connectivity index (χ3n) is 3.15. The molecule has 3 N–H and O–H groups in total. The first kappa shape index (κ1) is 15.7. The van der Waals surface area contributed by atoms with Gasteiger partial charge >= 0.3 is 0 Å². The van der Waals surface area contributed by atoms with E-state index in [4.69, 9.17) is 5.73 Å². The second kappa shape index (κ2) is 5.71. The van der Waals surface area contributed by atoms with E-state index in [1.807, 2.05) is 6.07 Å². The van der Waals surface area contributed by atoms with Crippen molar-refractivity contribution in [2.45, 2.75) is 24.6 Å². The molecule has 0 aromatic heterocycles. The van der Waals surface area contributed by atoms with Crippen molar-refractivity contribution in [2.24, 2.45) is 5.73 Å². The molecule has 106 valence electrons. The lowest BCUT2D eigenvalue weighted by Gasteiger charge is -2.25. The van der Waals surface area contributed by atoms with Crippen molar-refractivity contribution in [1.29, 1.82) is 0 Å². The Bertz CT molecular complexity index is 538. The van der Waals surface area contributed by atoms with Gasteiger partial charge in [0.1, 0.15) is 6.04 Å². The van der Waals surface area contributed by atoms with Crippen LogP contribution in [0.25, 0.3) is 0 Å². The maximum Gasteiger partial charge on any atom is 0.239 e. The van der Waals surface area contributed by atoms with E-state index >= 15 is 0 Å². The molecule has 0 radical (unpaired) electrons. The molecule has 5 nitrogen and oxygen atoms in total. The van der Waals surface area contributed by atoms with Crippen molar-refractivity contribution in [2.75, 3.05) is 12.8 Å². The van der Waals surface area contributed by atoms with Gasteiger partial charge in [0.25, 0.3) is 0 Å². The average molecular weight is 284 g/mol. The number of hydrogen-bond donors (Lipinski definition) is 2. The van der Waals surface area contributed by atoms with Crippen LogP contribution in [0.2, 0.25) is 0 Å². The van der Waals surface area contributed by atoms with Crippen LogP contribution >= 0.6 is 0 Å². The van der Waals surface area contributed by atoms with Crippen LogP contribution in [0.4, 0.5) is 0 Å². The number of nitrogens with one attached hydrogen (secondary N) is 1. The van der Waals surface area contributed by atoms with E-state index in [0.29, 0.717) is 0 Å². The fourth-order valence-corrected chi connectivity index (χ4v) is 1.85. The van der Waals surface area contributed by atoms with Crippen molar-refractivity contribution in [3.8, 4) is 0 Å². The SMILES string of the molecule is CC(C)(CN[C@H](C(N)=O)c1ccccc1)S(C)(=O)=O. The molecular weight excluding hydrogens is 264 g/mol. The maximum absolute atomic E-state index is 11.6. The van der Waals surface area contributed by atoms with Crippen molar-refractivity contribution in [3.05, 3.63) is 35.9 Å². The Kier molecular flexibility index (Phi) is 4.70. The maximum atomic E-state index is 11.6. The summed E-state index contributed by atoms with van der Waals surface area (Å²) in [6.07, 6.45) is 1.18. The first-order valence-electron chi connectivity index (χ1n) is 5.92. The van der Waals surface area contributed by atoms with Gasteiger partial charge in [-0.05, 0) is 19.4 Å². The zero-order valence-corrected chi connectivity index (χ0v) is 12.2. The number of amides is 1. The zero-order valence-electron chi connectivity index (χ0n) is 11.4. The molecule has 1 amide bonds. The standard InChI is InChI=1S/C13H20N2O3S/c1-13(2,19(3,17)18)9-15-11(12(14)16)10-7-5-4-6-8-10/h4-8,11,15H,9H2,1-3H3,(H2,14,16)/t11-/m0/s1. The van der Waals surface area contributed by atoms with Crippen LogP contribution in [0.3, 0.4) is 0 Å². The van der Waals surface area contributed by atoms with Crippen LogP contribution in [0.1, 0.15) is 25.5 Å². The lowest BCUT2D eigenvalue weighted by Crippen LogP contribution is -2.45. The number of carbonyl (C=O) groups excluding carboxylic acids is 1. The summed E-state index contributed by atoms with van der Waals surface area (Å²) in [5, 5.41) is 2.93. The molecule has 0 aliphatic rings. The van der Waals surface area contributed by atoms with Crippen LogP contribution in [0.5, 0.6) is 0 Å². The van der Waals surface area contributed by atoms with Gasteiger partial charge in [-0.15, -0.1) is 0 Å². The molecule has 1 rings (SSSR count). The molecule has 1 aromatic carbocycles. The summed E-state index contributed by atoms with van der Waals surface area (Å²) in [6, 6.07) is 8.29. The molecular formula is C13H20N2O3S. The Morgan fingerprint density at radius 2 is 1.84 bits per heavy atom. The highest BCUT2D eigenvalue weighted by molar-refractivity contribution is 7.92. The minimum atomic E-state index is -3.22. The van der Waals surface area contributed by atoms with Crippen molar-refractivity contribution in [1.82, 2.24) is 5.32 Å². The summed E-state index contributed by atoms with van der Waals surface area (Å²) in [7, 11) is -3.22. The van der Waals surface area contributed by atoms with E-state index in [0.717, 1.165) is 5.56 Å². The minimum absolute atomic E-state index is 0.147.